The van der Waals surface area contributed by atoms with Crippen molar-refractivity contribution in [2.24, 2.45) is 13.0 Å². The van der Waals surface area contributed by atoms with Gasteiger partial charge in [0.15, 0.2) is 0 Å². The molecular formula is C23H31FN4O. The summed E-state index contributed by atoms with van der Waals surface area (Å²) in [7, 11) is 1.91. The highest BCUT2D eigenvalue weighted by molar-refractivity contribution is 5.76. The Bertz CT molecular complexity index is 906. The first-order valence-corrected chi connectivity index (χ1v) is 10.6. The zero-order chi connectivity index (χ0) is 20.8. The minimum Gasteiger partial charge on any atom is -0.363 e. The topological polar surface area (TPSA) is 41.4 Å². The minimum atomic E-state index is -0.194. The second-order valence-electron chi connectivity index (χ2n) is 9.24. The fourth-order valence-electron chi connectivity index (χ4n) is 5.44. The molecule has 2 saturated heterocycles. The van der Waals surface area contributed by atoms with Gasteiger partial charge in [-0.05, 0) is 69.7 Å². The first-order valence-electron chi connectivity index (χ1n) is 10.6. The molecular weight excluding hydrogens is 367 g/mol. The third-order valence-corrected chi connectivity index (χ3v) is 6.60. The van der Waals surface area contributed by atoms with E-state index < -0.39 is 0 Å². The van der Waals surface area contributed by atoms with E-state index in [1.807, 2.05) is 35.8 Å². The Kier molecular flexibility index (Phi) is 5.13. The van der Waals surface area contributed by atoms with Crippen LogP contribution < -0.4 is 4.90 Å². The van der Waals surface area contributed by atoms with Crippen LogP contribution in [0.5, 0.6) is 0 Å². The normalized spacial score (nSPS) is 23.3. The number of halogens is 1. The van der Waals surface area contributed by atoms with Gasteiger partial charge in [-0.25, -0.2) is 4.39 Å². The zero-order valence-corrected chi connectivity index (χ0v) is 17.9. The van der Waals surface area contributed by atoms with E-state index in [2.05, 4.69) is 23.8 Å². The summed E-state index contributed by atoms with van der Waals surface area (Å²) in [6.45, 7) is 8.02. The van der Waals surface area contributed by atoms with Crippen LogP contribution in [0.3, 0.4) is 0 Å². The smallest absolute Gasteiger partial charge is 0.222 e. The largest absolute Gasteiger partial charge is 0.363 e. The molecule has 0 saturated carbocycles. The lowest BCUT2D eigenvalue weighted by molar-refractivity contribution is -0.133. The third kappa shape index (κ3) is 3.89. The van der Waals surface area contributed by atoms with Crippen molar-refractivity contribution in [3.05, 3.63) is 47.5 Å². The number of amides is 1. The fraction of sp³-hybridized carbons (Fsp3) is 0.565. The van der Waals surface area contributed by atoms with Gasteiger partial charge in [-0.1, -0.05) is 6.07 Å². The Morgan fingerprint density at radius 3 is 2.83 bits per heavy atom. The Labute approximate surface area is 172 Å². The number of nitrogens with zero attached hydrogens (tertiary/aromatic N) is 4. The van der Waals surface area contributed by atoms with Crippen LogP contribution in [0.2, 0.25) is 0 Å². The fourth-order valence-corrected chi connectivity index (χ4v) is 5.44. The molecule has 29 heavy (non-hydrogen) atoms. The first kappa shape index (κ1) is 19.9. The van der Waals surface area contributed by atoms with Gasteiger partial charge in [-0.2, -0.15) is 5.10 Å². The Morgan fingerprint density at radius 1 is 1.34 bits per heavy atom. The van der Waals surface area contributed by atoms with E-state index >= 15 is 0 Å². The van der Waals surface area contributed by atoms with Crippen molar-refractivity contribution in [2.45, 2.75) is 58.0 Å². The SMILES string of the molecule is Cc1nn(C)cc1CCC(=O)N1CC[C@H]2[C@@H](C1)CC(C)(C)N2c1cccc(F)c1. The number of hydrogen-bond acceptors (Lipinski definition) is 3. The maximum absolute atomic E-state index is 13.8. The molecule has 2 atom stereocenters. The number of carbonyl (C=O) groups excluding carboxylic acids is 1. The van der Waals surface area contributed by atoms with Gasteiger partial charge in [-0.3, -0.25) is 9.48 Å². The van der Waals surface area contributed by atoms with Crippen molar-refractivity contribution in [3.8, 4) is 0 Å². The summed E-state index contributed by atoms with van der Waals surface area (Å²) in [6.07, 6.45) is 5.22. The van der Waals surface area contributed by atoms with Crippen LogP contribution in [0.1, 0.15) is 44.4 Å². The van der Waals surface area contributed by atoms with Gasteiger partial charge in [0, 0.05) is 50.0 Å². The van der Waals surface area contributed by atoms with Crippen molar-refractivity contribution in [1.29, 1.82) is 0 Å². The molecule has 0 N–H and O–H groups in total. The molecule has 0 radical (unpaired) electrons. The van der Waals surface area contributed by atoms with Crippen LogP contribution in [0.25, 0.3) is 0 Å². The van der Waals surface area contributed by atoms with E-state index in [1.165, 1.54) is 6.07 Å². The van der Waals surface area contributed by atoms with Crippen LogP contribution in [0.4, 0.5) is 10.1 Å². The molecule has 2 aliphatic rings. The first-order chi connectivity index (χ1) is 13.7. The number of rotatable bonds is 4. The quantitative estimate of drug-likeness (QED) is 0.788. The summed E-state index contributed by atoms with van der Waals surface area (Å²) in [5.41, 5.74) is 3.06. The van der Waals surface area contributed by atoms with E-state index in [0.29, 0.717) is 18.4 Å². The maximum atomic E-state index is 13.8. The van der Waals surface area contributed by atoms with Gasteiger partial charge >= 0.3 is 0 Å². The van der Waals surface area contributed by atoms with Crippen LogP contribution in [0, 0.1) is 18.7 Å². The molecule has 2 aromatic rings. The molecule has 0 unspecified atom stereocenters. The summed E-state index contributed by atoms with van der Waals surface area (Å²) in [5.74, 6) is 0.458. The molecule has 1 aromatic heterocycles. The molecule has 0 spiro atoms. The number of anilines is 1. The number of aromatic nitrogens is 2. The van der Waals surface area contributed by atoms with Crippen molar-refractivity contribution in [2.75, 3.05) is 18.0 Å². The Morgan fingerprint density at radius 2 is 2.14 bits per heavy atom. The minimum absolute atomic E-state index is 0.0466. The number of piperidine rings is 1. The number of benzene rings is 1. The number of likely N-dealkylation sites (tertiary alicyclic amines) is 1. The lowest BCUT2D eigenvalue weighted by Gasteiger charge is -2.42. The van der Waals surface area contributed by atoms with Crippen LogP contribution in [0.15, 0.2) is 30.5 Å². The summed E-state index contributed by atoms with van der Waals surface area (Å²) >= 11 is 0. The molecule has 4 rings (SSSR count). The van der Waals surface area contributed by atoms with E-state index in [9.17, 15) is 9.18 Å². The number of carbonyl (C=O) groups is 1. The maximum Gasteiger partial charge on any atom is 0.222 e. The molecule has 0 bridgehead atoms. The van der Waals surface area contributed by atoms with Gasteiger partial charge in [0.05, 0.1) is 5.69 Å². The molecule has 6 heteroatoms. The van der Waals surface area contributed by atoms with Crippen molar-refractivity contribution in [1.82, 2.24) is 14.7 Å². The van der Waals surface area contributed by atoms with Crippen molar-refractivity contribution < 1.29 is 9.18 Å². The molecule has 5 nitrogen and oxygen atoms in total. The average Bonchev–Trinajstić information content (AvgIpc) is 3.12. The highest BCUT2D eigenvalue weighted by atomic mass is 19.1. The van der Waals surface area contributed by atoms with Gasteiger partial charge in [0.2, 0.25) is 5.91 Å². The molecule has 1 amide bonds. The zero-order valence-electron chi connectivity index (χ0n) is 17.9. The predicted molar refractivity (Wildman–Crippen MR) is 112 cm³/mol. The summed E-state index contributed by atoms with van der Waals surface area (Å²) < 4.78 is 15.6. The Hall–Kier alpha value is -2.37. The van der Waals surface area contributed by atoms with Gasteiger partial charge in [0.1, 0.15) is 5.82 Å². The predicted octanol–water partition coefficient (Wildman–Crippen LogP) is 3.71. The van der Waals surface area contributed by atoms with Gasteiger partial charge < -0.3 is 9.80 Å². The van der Waals surface area contributed by atoms with E-state index in [0.717, 1.165) is 49.3 Å². The third-order valence-electron chi connectivity index (χ3n) is 6.60. The summed E-state index contributed by atoms with van der Waals surface area (Å²) in [5, 5.41) is 4.36. The van der Waals surface area contributed by atoms with Gasteiger partial charge in [0.25, 0.3) is 0 Å². The molecule has 3 heterocycles. The number of hydrogen-bond donors (Lipinski definition) is 0. The molecule has 2 aliphatic heterocycles. The molecule has 156 valence electrons. The lowest BCUT2D eigenvalue weighted by atomic mass is 9.89. The second kappa shape index (κ2) is 7.47. The summed E-state index contributed by atoms with van der Waals surface area (Å²) in [4.78, 5) is 17.3. The lowest BCUT2D eigenvalue weighted by Crippen LogP contribution is -2.50. The van der Waals surface area contributed by atoms with Crippen LogP contribution in [-0.4, -0.2) is 45.3 Å². The monoisotopic (exact) mass is 398 g/mol. The second-order valence-corrected chi connectivity index (χ2v) is 9.24. The summed E-state index contributed by atoms with van der Waals surface area (Å²) in [6, 6.07) is 7.28. The van der Waals surface area contributed by atoms with E-state index in [4.69, 9.17) is 0 Å². The average molecular weight is 399 g/mol. The highest BCUT2D eigenvalue weighted by Crippen LogP contribution is 2.44. The van der Waals surface area contributed by atoms with Crippen LogP contribution >= 0.6 is 0 Å². The standard InChI is InChI=1S/C23H31FN4O/c1-16-17(14-26(4)25-16)8-9-22(29)27-11-10-21-18(15-27)13-23(2,3)28(21)20-7-5-6-19(24)12-20/h5-7,12,14,18,21H,8-11,13,15H2,1-4H3/t18-,21+/m1/s1. The Balaban J connectivity index is 1.42. The number of aryl methyl sites for hydroxylation is 3. The van der Waals surface area contributed by atoms with E-state index in [1.54, 1.807) is 12.1 Å². The van der Waals surface area contributed by atoms with E-state index in [-0.39, 0.29) is 17.3 Å². The van der Waals surface area contributed by atoms with Gasteiger partial charge in [-0.15, -0.1) is 0 Å². The molecule has 1 aromatic carbocycles. The molecule has 0 aliphatic carbocycles. The number of fused-ring (bicyclic) bond motifs is 1. The molecule has 2 fully saturated rings. The van der Waals surface area contributed by atoms with Crippen molar-refractivity contribution in [3.63, 3.8) is 0 Å². The van der Waals surface area contributed by atoms with Crippen LogP contribution in [-0.2, 0) is 18.3 Å². The van der Waals surface area contributed by atoms with Crippen molar-refractivity contribution >= 4 is 11.6 Å². The highest BCUT2D eigenvalue weighted by Gasteiger charge is 2.48.